The van der Waals surface area contributed by atoms with Crippen LogP contribution in [0.3, 0.4) is 0 Å². The SMILES string of the molecule is CC(C)OCCCNc1nc2c([S+](=O)([O-])c3ccc(Cl)cc3)nnn2c2ccccc12. The van der Waals surface area contributed by atoms with Gasteiger partial charge in [-0.15, -0.1) is 0 Å². The molecule has 162 valence electrons. The Morgan fingerprint density at radius 2 is 1.94 bits per heavy atom. The number of hydrogen-bond acceptors (Lipinski definition) is 7. The van der Waals surface area contributed by atoms with E-state index in [2.05, 4.69) is 20.6 Å². The van der Waals surface area contributed by atoms with Gasteiger partial charge in [0.25, 0.3) is 0 Å². The number of anilines is 1. The number of benzene rings is 2. The van der Waals surface area contributed by atoms with Crippen LogP contribution in [0.25, 0.3) is 16.6 Å². The zero-order valence-electron chi connectivity index (χ0n) is 17.1. The summed E-state index contributed by atoms with van der Waals surface area (Å²) in [6.07, 6.45) is 0.959. The third-order valence-corrected chi connectivity index (χ3v) is 6.58. The second-order valence-electron chi connectivity index (χ2n) is 7.26. The fourth-order valence-corrected chi connectivity index (χ4v) is 4.54. The molecule has 0 saturated carbocycles. The minimum Gasteiger partial charge on any atom is -0.604 e. The molecule has 0 saturated heterocycles. The maximum atomic E-state index is 13.2. The topological polar surface area (TPSA) is 104 Å². The van der Waals surface area contributed by atoms with Crippen LogP contribution in [0, 0.1) is 0 Å². The Morgan fingerprint density at radius 3 is 2.68 bits per heavy atom. The van der Waals surface area contributed by atoms with Crippen LogP contribution in [-0.4, -0.2) is 43.6 Å². The van der Waals surface area contributed by atoms with Gasteiger partial charge in [0.2, 0.25) is 5.65 Å². The minimum absolute atomic E-state index is 0.0783. The van der Waals surface area contributed by atoms with E-state index in [1.165, 1.54) is 28.8 Å². The van der Waals surface area contributed by atoms with Gasteiger partial charge in [0.1, 0.15) is 16.0 Å². The molecule has 0 aliphatic rings. The molecule has 1 unspecified atom stereocenters. The Hall–Kier alpha value is -2.59. The normalized spacial score (nSPS) is 13.7. The van der Waals surface area contributed by atoms with Gasteiger partial charge in [0.05, 0.1) is 11.6 Å². The second-order valence-corrected chi connectivity index (χ2v) is 9.57. The first kappa shape index (κ1) is 21.6. The van der Waals surface area contributed by atoms with E-state index in [9.17, 15) is 8.76 Å². The quantitative estimate of drug-likeness (QED) is 0.311. The molecule has 31 heavy (non-hydrogen) atoms. The highest BCUT2D eigenvalue weighted by atomic mass is 35.5. The number of rotatable bonds is 8. The van der Waals surface area contributed by atoms with Crippen LogP contribution < -0.4 is 5.32 Å². The van der Waals surface area contributed by atoms with Gasteiger partial charge in [-0.2, -0.15) is 4.52 Å². The van der Waals surface area contributed by atoms with Crippen molar-refractivity contribution < 1.29 is 13.5 Å². The minimum atomic E-state index is -3.93. The zero-order valence-corrected chi connectivity index (χ0v) is 18.7. The summed E-state index contributed by atoms with van der Waals surface area (Å²) in [7, 11) is -3.93. The lowest BCUT2D eigenvalue weighted by Crippen LogP contribution is -2.13. The Morgan fingerprint density at radius 1 is 1.19 bits per heavy atom. The van der Waals surface area contributed by atoms with E-state index in [1.54, 1.807) is 0 Å². The van der Waals surface area contributed by atoms with Crippen molar-refractivity contribution in [1.82, 2.24) is 19.8 Å². The van der Waals surface area contributed by atoms with Gasteiger partial charge in [0.15, 0.2) is 4.90 Å². The monoisotopic (exact) mass is 459 g/mol. The van der Waals surface area contributed by atoms with Gasteiger partial charge in [-0.25, -0.2) is 4.98 Å². The van der Waals surface area contributed by atoms with Gasteiger partial charge in [0, 0.05) is 23.6 Å². The van der Waals surface area contributed by atoms with Crippen molar-refractivity contribution in [2.45, 2.75) is 36.3 Å². The molecular formula is C21H22ClN5O3S. The van der Waals surface area contributed by atoms with Crippen LogP contribution in [0.15, 0.2) is 58.5 Å². The van der Waals surface area contributed by atoms with Crippen molar-refractivity contribution in [1.29, 1.82) is 0 Å². The van der Waals surface area contributed by atoms with Gasteiger partial charge in [-0.1, -0.05) is 38.3 Å². The van der Waals surface area contributed by atoms with Crippen LogP contribution in [-0.2, 0) is 19.2 Å². The Balaban J connectivity index is 1.75. The van der Waals surface area contributed by atoms with E-state index in [1.807, 2.05) is 38.1 Å². The highest BCUT2D eigenvalue weighted by Crippen LogP contribution is 2.31. The average molecular weight is 460 g/mol. The summed E-state index contributed by atoms with van der Waals surface area (Å²) in [5.41, 5.74) is 0.869. The Labute approximate surface area is 185 Å². The molecule has 0 radical (unpaired) electrons. The third kappa shape index (κ3) is 4.40. The molecule has 0 spiro atoms. The molecule has 1 atom stereocenters. The van der Waals surface area contributed by atoms with E-state index >= 15 is 0 Å². The third-order valence-electron chi connectivity index (χ3n) is 4.67. The van der Waals surface area contributed by atoms with Crippen LogP contribution in [0.1, 0.15) is 20.3 Å². The number of nitrogens with one attached hydrogen (secondary N) is 1. The fourth-order valence-electron chi connectivity index (χ4n) is 3.18. The van der Waals surface area contributed by atoms with Crippen LogP contribution in [0.2, 0.25) is 5.02 Å². The maximum absolute atomic E-state index is 13.2. The Kier molecular flexibility index (Phi) is 6.19. The fraction of sp³-hybridized carbons (Fsp3) is 0.286. The van der Waals surface area contributed by atoms with Crippen molar-refractivity contribution in [3.8, 4) is 0 Å². The molecular weight excluding hydrogens is 438 g/mol. The lowest BCUT2D eigenvalue weighted by Gasteiger charge is -2.13. The number of aromatic nitrogens is 4. The molecule has 0 amide bonds. The number of halogens is 1. The van der Waals surface area contributed by atoms with Crippen molar-refractivity contribution >= 4 is 44.2 Å². The maximum Gasteiger partial charge on any atom is 0.317 e. The molecule has 8 nitrogen and oxygen atoms in total. The van der Waals surface area contributed by atoms with Gasteiger partial charge in [-0.3, -0.25) is 0 Å². The number of ether oxygens (including phenoxy) is 1. The second kappa shape index (κ2) is 8.88. The molecule has 4 rings (SSSR count). The zero-order chi connectivity index (χ0) is 22.0. The van der Waals surface area contributed by atoms with Crippen molar-refractivity contribution in [2.75, 3.05) is 18.5 Å². The summed E-state index contributed by atoms with van der Waals surface area (Å²) in [5, 5.41) is 12.4. The van der Waals surface area contributed by atoms with Gasteiger partial charge < -0.3 is 14.6 Å². The van der Waals surface area contributed by atoms with E-state index in [-0.39, 0.29) is 21.7 Å². The predicted octanol–water partition coefficient (Wildman–Crippen LogP) is 4.21. The van der Waals surface area contributed by atoms with E-state index < -0.39 is 10.2 Å². The summed E-state index contributed by atoms with van der Waals surface area (Å²) in [6, 6.07) is 13.4. The van der Waals surface area contributed by atoms with E-state index in [0.717, 1.165) is 11.8 Å². The number of para-hydroxylation sites is 1. The van der Waals surface area contributed by atoms with Crippen LogP contribution in [0.4, 0.5) is 5.82 Å². The Bertz CT molecular complexity index is 1260. The molecule has 0 bridgehead atoms. The largest absolute Gasteiger partial charge is 0.604 e. The number of hydrogen-bond donors (Lipinski definition) is 1. The highest BCUT2D eigenvalue weighted by molar-refractivity contribution is 7.97. The van der Waals surface area contributed by atoms with E-state index in [4.69, 9.17) is 16.3 Å². The number of fused-ring (bicyclic) bond motifs is 3. The van der Waals surface area contributed by atoms with Crippen molar-refractivity contribution in [2.24, 2.45) is 0 Å². The lowest BCUT2D eigenvalue weighted by molar-refractivity contribution is 0.0787. The molecule has 0 aliphatic heterocycles. The molecule has 2 aromatic carbocycles. The molecule has 10 heteroatoms. The first-order chi connectivity index (χ1) is 14.9. The number of sulfone groups is 1. The smallest absolute Gasteiger partial charge is 0.317 e. The molecule has 2 aromatic heterocycles. The number of nitrogens with zero attached hydrogens (tertiary/aromatic N) is 4. The molecule has 0 fully saturated rings. The molecule has 2 heterocycles. The average Bonchev–Trinajstić information content (AvgIpc) is 3.18. The molecule has 4 aromatic rings. The van der Waals surface area contributed by atoms with Gasteiger partial charge >= 0.3 is 5.03 Å². The highest BCUT2D eigenvalue weighted by Gasteiger charge is 2.32. The summed E-state index contributed by atoms with van der Waals surface area (Å²) in [6.45, 7) is 5.23. The van der Waals surface area contributed by atoms with Crippen molar-refractivity contribution in [3.63, 3.8) is 0 Å². The molecule has 1 N–H and O–H groups in total. The lowest BCUT2D eigenvalue weighted by atomic mass is 10.2. The van der Waals surface area contributed by atoms with Crippen molar-refractivity contribution in [3.05, 3.63) is 53.6 Å². The summed E-state index contributed by atoms with van der Waals surface area (Å²) >= 11 is 5.90. The first-order valence-corrected chi connectivity index (χ1v) is 11.7. The van der Waals surface area contributed by atoms with Gasteiger partial charge in [-0.05, 0) is 56.7 Å². The summed E-state index contributed by atoms with van der Waals surface area (Å²) in [5.74, 6) is 0.572. The molecule has 0 aliphatic carbocycles. The first-order valence-electron chi connectivity index (χ1n) is 9.88. The van der Waals surface area contributed by atoms with E-state index in [0.29, 0.717) is 29.5 Å². The predicted molar refractivity (Wildman–Crippen MR) is 119 cm³/mol. The standard InChI is InChI=1S/C21H22ClN5O3S/c1-14(2)30-13-5-12-23-19-17-6-3-4-7-18(17)27-20(24-19)21(25-26-27)31(28,29)16-10-8-15(22)9-11-16/h3-4,6-11,14H,5,12-13H2,1-2H3,(H-,23,24,28,29). The van der Waals surface area contributed by atoms with Crippen LogP contribution >= 0.6 is 11.6 Å². The summed E-state index contributed by atoms with van der Waals surface area (Å²) in [4.78, 5) is 4.66. The summed E-state index contributed by atoms with van der Waals surface area (Å²) < 4.78 is 33.4. The van der Waals surface area contributed by atoms with Crippen LogP contribution in [0.5, 0.6) is 0 Å².